The Labute approximate surface area is 128 Å². The Morgan fingerprint density at radius 1 is 0.636 bits per heavy atom. The lowest BCUT2D eigenvalue weighted by Gasteiger charge is -2.09. The van der Waals surface area contributed by atoms with Crippen LogP contribution in [0.25, 0.3) is 0 Å². The summed E-state index contributed by atoms with van der Waals surface area (Å²) in [4.78, 5) is 23.0. The van der Waals surface area contributed by atoms with E-state index >= 15 is 0 Å². The van der Waals surface area contributed by atoms with E-state index in [9.17, 15) is 19.8 Å². The molecule has 0 atom stereocenters. The van der Waals surface area contributed by atoms with Crippen molar-refractivity contribution in [2.75, 3.05) is 0 Å². The summed E-state index contributed by atoms with van der Waals surface area (Å²) in [5.41, 5.74) is 1.38. The fourth-order valence-corrected chi connectivity index (χ4v) is 2.22. The fraction of sp³-hybridized carbons (Fsp3) is 0.111. The fourth-order valence-electron chi connectivity index (χ4n) is 2.22. The minimum absolute atomic E-state index is 0.0810. The average molecular weight is 296 g/mol. The van der Waals surface area contributed by atoms with E-state index in [1.807, 2.05) is 12.1 Å². The number of carboxylic acids is 2. The van der Waals surface area contributed by atoms with Gasteiger partial charge in [0.25, 0.3) is 0 Å². The van der Waals surface area contributed by atoms with Gasteiger partial charge < -0.3 is 10.2 Å². The van der Waals surface area contributed by atoms with Gasteiger partial charge in [-0.25, -0.2) is 9.59 Å². The highest BCUT2D eigenvalue weighted by Crippen LogP contribution is 2.17. The molecule has 4 nitrogen and oxygen atoms in total. The summed E-state index contributed by atoms with van der Waals surface area (Å²) in [6.45, 7) is 0. The normalized spacial score (nSPS) is 11.6. The maximum absolute atomic E-state index is 11.5. The third kappa shape index (κ3) is 4.06. The number of benzene rings is 2. The number of carbonyl (C=O) groups is 2. The quantitative estimate of drug-likeness (QED) is 0.804. The Balaban J connectivity index is 2.39. The van der Waals surface area contributed by atoms with Crippen LogP contribution in [0.2, 0.25) is 0 Å². The van der Waals surface area contributed by atoms with Gasteiger partial charge in [-0.05, 0) is 11.1 Å². The Morgan fingerprint density at radius 3 is 1.23 bits per heavy atom. The molecule has 2 N–H and O–H groups in total. The van der Waals surface area contributed by atoms with Gasteiger partial charge in [0.05, 0.1) is 11.1 Å². The zero-order chi connectivity index (χ0) is 15.9. The van der Waals surface area contributed by atoms with Gasteiger partial charge in [0.15, 0.2) is 0 Å². The molecule has 0 bridgehead atoms. The molecule has 112 valence electrons. The lowest BCUT2D eigenvalue weighted by Crippen LogP contribution is -2.15. The van der Waals surface area contributed by atoms with E-state index in [-0.39, 0.29) is 24.0 Å². The van der Waals surface area contributed by atoms with Gasteiger partial charge in [-0.15, -0.1) is 0 Å². The van der Waals surface area contributed by atoms with Crippen LogP contribution in [0.3, 0.4) is 0 Å². The van der Waals surface area contributed by atoms with Crippen molar-refractivity contribution >= 4 is 11.9 Å². The largest absolute Gasteiger partial charge is 0.478 e. The summed E-state index contributed by atoms with van der Waals surface area (Å²) < 4.78 is 0. The maximum Gasteiger partial charge on any atom is 0.332 e. The number of aliphatic carboxylic acids is 2. The first-order chi connectivity index (χ1) is 10.6. The number of rotatable bonds is 6. The predicted molar refractivity (Wildman–Crippen MR) is 82.6 cm³/mol. The second-order valence-corrected chi connectivity index (χ2v) is 4.89. The summed E-state index contributed by atoms with van der Waals surface area (Å²) in [5, 5.41) is 18.8. The first kappa shape index (κ1) is 15.5. The van der Waals surface area contributed by atoms with Gasteiger partial charge >= 0.3 is 11.9 Å². The molecule has 2 rings (SSSR count). The standard InChI is InChI=1S/C18H16O4/c19-17(20)15(11-13-7-3-1-4-8-13)16(18(21)22)12-14-9-5-2-6-10-14/h1-10H,11-12H2,(H,19,20)(H,21,22). The van der Waals surface area contributed by atoms with E-state index < -0.39 is 11.9 Å². The molecule has 0 radical (unpaired) electrons. The SMILES string of the molecule is O=C(O)C(Cc1ccccc1)=C(Cc1ccccc1)C(=O)O. The molecule has 0 amide bonds. The van der Waals surface area contributed by atoms with Crippen LogP contribution in [0.1, 0.15) is 11.1 Å². The van der Waals surface area contributed by atoms with Crippen LogP contribution in [0.4, 0.5) is 0 Å². The highest BCUT2D eigenvalue weighted by molar-refractivity contribution is 5.99. The van der Waals surface area contributed by atoms with Crippen molar-refractivity contribution in [1.29, 1.82) is 0 Å². The average Bonchev–Trinajstić information content (AvgIpc) is 2.52. The minimum Gasteiger partial charge on any atom is -0.478 e. The zero-order valence-electron chi connectivity index (χ0n) is 11.9. The summed E-state index contributed by atoms with van der Waals surface area (Å²) in [5.74, 6) is -2.39. The maximum atomic E-state index is 11.5. The van der Waals surface area contributed by atoms with Crippen LogP contribution in [0.5, 0.6) is 0 Å². The van der Waals surface area contributed by atoms with Crippen LogP contribution >= 0.6 is 0 Å². The molecule has 0 aliphatic heterocycles. The van der Waals surface area contributed by atoms with Crippen molar-refractivity contribution in [3.05, 3.63) is 82.9 Å². The molecule has 0 aliphatic carbocycles. The molecular formula is C18H16O4. The summed E-state index contributed by atoms with van der Waals surface area (Å²) in [7, 11) is 0. The summed E-state index contributed by atoms with van der Waals surface area (Å²) >= 11 is 0. The molecule has 0 aliphatic rings. The van der Waals surface area contributed by atoms with E-state index in [0.717, 1.165) is 11.1 Å². The Kier molecular flexibility index (Phi) is 5.09. The van der Waals surface area contributed by atoms with Gasteiger partial charge in [-0.3, -0.25) is 0 Å². The van der Waals surface area contributed by atoms with Crippen molar-refractivity contribution in [3.8, 4) is 0 Å². The van der Waals surface area contributed by atoms with Gasteiger partial charge in [0, 0.05) is 12.8 Å². The molecule has 0 fully saturated rings. The van der Waals surface area contributed by atoms with E-state index in [0.29, 0.717) is 0 Å². The van der Waals surface area contributed by atoms with Crippen LogP contribution in [0.15, 0.2) is 71.8 Å². The van der Waals surface area contributed by atoms with Crippen molar-refractivity contribution in [3.63, 3.8) is 0 Å². The zero-order valence-corrected chi connectivity index (χ0v) is 11.9. The van der Waals surface area contributed by atoms with E-state index in [1.54, 1.807) is 48.5 Å². The molecule has 2 aromatic rings. The lowest BCUT2D eigenvalue weighted by atomic mass is 9.95. The summed E-state index contributed by atoms with van der Waals surface area (Å²) in [6.07, 6.45) is 0.176. The molecule has 0 unspecified atom stereocenters. The molecule has 2 aromatic carbocycles. The first-order valence-electron chi connectivity index (χ1n) is 6.84. The molecular weight excluding hydrogens is 280 g/mol. The first-order valence-corrected chi connectivity index (χ1v) is 6.84. The van der Waals surface area contributed by atoms with Crippen LogP contribution in [0, 0.1) is 0 Å². The van der Waals surface area contributed by atoms with E-state index in [1.165, 1.54) is 0 Å². The monoisotopic (exact) mass is 296 g/mol. The smallest absolute Gasteiger partial charge is 0.332 e. The Morgan fingerprint density at radius 2 is 0.955 bits per heavy atom. The molecule has 0 saturated heterocycles. The lowest BCUT2D eigenvalue weighted by molar-refractivity contribution is -0.136. The molecule has 0 aromatic heterocycles. The van der Waals surface area contributed by atoms with Crippen molar-refractivity contribution < 1.29 is 19.8 Å². The predicted octanol–water partition coefficient (Wildman–Crippen LogP) is 2.94. The van der Waals surface area contributed by atoms with Crippen molar-refractivity contribution in [1.82, 2.24) is 0 Å². The highest BCUT2D eigenvalue weighted by atomic mass is 16.4. The molecule has 4 heteroatoms. The third-order valence-corrected chi connectivity index (χ3v) is 3.33. The molecule has 0 saturated carbocycles. The van der Waals surface area contributed by atoms with E-state index in [2.05, 4.69) is 0 Å². The second kappa shape index (κ2) is 7.22. The molecule has 22 heavy (non-hydrogen) atoms. The van der Waals surface area contributed by atoms with E-state index in [4.69, 9.17) is 0 Å². The van der Waals surface area contributed by atoms with Crippen molar-refractivity contribution in [2.24, 2.45) is 0 Å². The topological polar surface area (TPSA) is 74.6 Å². The third-order valence-electron chi connectivity index (χ3n) is 3.33. The van der Waals surface area contributed by atoms with Gasteiger partial charge in [0.2, 0.25) is 0 Å². The summed E-state index contributed by atoms with van der Waals surface area (Å²) in [6, 6.07) is 18.0. The van der Waals surface area contributed by atoms with Crippen LogP contribution < -0.4 is 0 Å². The van der Waals surface area contributed by atoms with Crippen molar-refractivity contribution in [2.45, 2.75) is 12.8 Å². The number of hydrogen-bond acceptors (Lipinski definition) is 2. The molecule has 0 heterocycles. The van der Waals surface area contributed by atoms with Gasteiger partial charge in [0.1, 0.15) is 0 Å². The van der Waals surface area contributed by atoms with Crippen LogP contribution in [-0.2, 0) is 22.4 Å². The Bertz CT molecular complexity index is 626. The number of hydrogen-bond donors (Lipinski definition) is 2. The van der Waals surface area contributed by atoms with Crippen LogP contribution in [-0.4, -0.2) is 22.2 Å². The minimum atomic E-state index is -1.20. The molecule has 0 spiro atoms. The van der Waals surface area contributed by atoms with Gasteiger partial charge in [-0.2, -0.15) is 0 Å². The highest BCUT2D eigenvalue weighted by Gasteiger charge is 2.20. The second-order valence-electron chi connectivity index (χ2n) is 4.89. The van der Waals surface area contributed by atoms with Gasteiger partial charge in [-0.1, -0.05) is 60.7 Å². The number of carboxylic acid groups (broad SMARTS) is 2. The Hall–Kier alpha value is -2.88.